The highest BCUT2D eigenvalue weighted by atomic mass is 32.2. The van der Waals surface area contributed by atoms with Gasteiger partial charge in [-0.15, -0.1) is 0 Å². The summed E-state index contributed by atoms with van der Waals surface area (Å²) in [6, 6.07) is 0. The van der Waals surface area contributed by atoms with E-state index in [9.17, 15) is 13.4 Å². The van der Waals surface area contributed by atoms with E-state index in [1.54, 1.807) is 11.6 Å². The minimum atomic E-state index is -3.14. The number of hydrogen-bond donors (Lipinski definition) is 2. The van der Waals surface area contributed by atoms with Crippen molar-refractivity contribution in [3.05, 3.63) is 0 Å². The fourth-order valence-corrected chi connectivity index (χ4v) is 2.86. The van der Waals surface area contributed by atoms with E-state index < -0.39 is 22.1 Å². The van der Waals surface area contributed by atoms with Gasteiger partial charge >= 0.3 is 7.05 Å². The highest BCUT2D eigenvalue weighted by molar-refractivity contribution is 7.92. The van der Waals surface area contributed by atoms with Gasteiger partial charge in [0.1, 0.15) is 0 Å². The van der Waals surface area contributed by atoms with Gasteiger partial charge in [0.15, 0.2) is 9.84 Å². The summed E-state index contributed by atoms with van der Waals surface area (Å²) in [4.78, 5) is 1.64. The lowest BCUT2D eigenvalue weighted by Gasteiger charge is -2.32. The summed E-state index contributed by atoms with van der Waals surface area (Å²) in [6.07, 6.45) is 0. The second-order valence-corrected chi connectivity index (χ2v) is 5.70. The predicted molar refractivity (Wildman–Crippen MR) is 50.1 cm³/mol. The topological polar surface area (TPSA) is 77.8 Å². The van der Waals surface area contributed by atoms with Crippen LogP contribution < -0.4 is 0 Å². The zero-order chi connectivity index (χ0) is 10.1. The number of sulfone groups is 1. The molecule has 2 N–H and O–H groups in total. The van der Waals surface area contributed by atoms with Crippen molar-refractivity contribution in [2.45, 2.75) is 12.1 Å². The first kappa shape index (κ1) is 11.0. The van der Waals surface area contributed by atoms with E-state index in [2.05, 4.69) is 0 Å². The molecule has 13 heavy (non-hydrogen) atoms. The number of nitrogens with zero attached hydrogens (tertiary/aromatic N) is 1. The van der Waals surface area contributed by atoms with Crippen LogP contribution in [-0.2, 0) is 9.84 Å². The van der Waals surface area contributed by atoms with Crippen molar-refractivity contribution in [3.8, 4) is 0 Å². The normalized spacial score (nSPS) is 28.7. The number of hydrogen-bond acceptors (Lipinski definition) is 5. The van der Waals surface area contributed by atoms with Gasteiger partial charge in [-0.25, -0.2) is 8.42 Å². The third-order valence-corrected chi connectivity index (χ3v) is 4.41. The maximum atomic E-state index is 11.3. The Morgan fingerprint density at radius 3 is 2.69 bits per heavy atom. The van der Waals surface area contributed by atoms with Gasteiger partial charge in [-0.05, 0) is 6.82 Å². The molecule has 0 aromatic carbocycles. The van der Waals surface area contributed by atoms with E-state index in [1.165, 1.54) is 0 Å². The molecule has 5 nitrogen and oxygen atoms in total. The minimum absolute atomic E-state index is 0.0170. The van der Waals surface area contributed by atoms with Crippen LogP contribution in [-0.4, -0.2) is 61.1 Å². The zero-order valence-corrected chi connectivity index (χ0v) is 8.37. The molecule has 1 unspecified atom stereocenters. The van der Waals surface area contributed by atoms with Crippen molar-refractivity contribution in [3.63, 3.8) is 0 Å². The molecule has 0 spiro atoms. The van der Waals surface area contributed by atoms with E-state index in [-0.39, 0.29) is 18.9 Å². The SMILES string of the molecule is CB(O)N1CCS(=O)(=O)C(CO)C1. The molecule has 0 radical (unpaired) electrons. The third kappa shape index (κ3) is 2.43. The molecule has 7 heteroatoms. The van der Waals surface area contributed by atoms with Crippen molar-refractivity contribution in [1.82, 2.24) is 4.81 Å². The highest BCUT2D eigenvalue weighted by Gasteiger charge is 2.34. The van der Waals surface area contributed by atoms with Gasteiger partial charge in [-0.1, -0.05) is 0 Å². The smallest absolute Gasteiger partial charge is 0.376 e. The maximum Gasteiger partial charge on any atom is 0.376 e. The standard InChI is InChI=1S/C6H14BNO4S/c1-7(10)8-2-3-13(11,12)6(4-8)5-9/h6,9-10H,2-5H2,1H3. The summed E-state index contributed by atoms with van der Waals surface area (Å²) in [5.74, 6) is 0.0170. The maximum absolute atomic E-state index is 11.3. The molecule has 0 amide bonds. The van der Waals surface area contributed by atoms with Crippen LogP contribution in [0.15, 0.2) is 0 Å². The third-order valence-electron chi connectivity index (χ3n) is 2.34. The first-order valence-electron chi connectivity index (χ1n) is 4.22. The van der Waals surface area contributed by atoms with Crippen LogP contribution in [0.5, 0.6) is 0 Å². The lowest BCUT2D eigenvalue weighted by atomic mass is 9.85. The lowest BCUT2D eigenvalue weighted by Crippen LogP contribution is -2.53. The first-order valence-corrected chi connectivity index (χ1v) is 5.93. The van der Waals surface area contributed by atoms with E-state index in [1.807, 2.05) is 0 Å². The molecule has 1 atom stereocenters. The Morgan fingerprint density at radius 2 is 2.23 bits per heavy atom. The Labute approximate surface area is 78.4 Å². The minimum Gasteiger partial charge on any atom is -0.437 e. The quantitative estimate of drug-likeness (QED) is 0.522. The first-order chi connectivity index (χ1) is 5.97. The molecular formula is C6H14BNO4S. The van der Waals surface area contributed by atoms with Crippen molar-refractivity contribution in [2.75, 3.05) is 25.4 Å². The Balaban J connectivity index is 2.69. The Morgan fingerprint density at radius 1 is 1.62 bits per heavy atom. The van der Waals surface area contributed by atoms with Crippen molar-refractivity contribution >= 4 is 16.9 Å². The van der Waals surface area contributed by atoms with Gasteiger partial charge < -0.3 is 14.9 Å². The van der Waals surface area contributed by atoms with Gasteiger partial charge in [0.05, 0.1) is 17.6 Å². The molecule has 0 aliphatic carbocycles. The molecule has 1 aliphatic rings. The van der Waals surface area contributed by atoms with Crippen LogP contribution in [0.2, 0.25) is 6.82 Å². The number of rotatable bonds is 2. The number of aliphatic hydroxyl groups excluding tert-OH is 1. The molecule has 0 aromatic rings. The van der Waals surface area contributed by atoms with Crippen molar-refractivity contribution in [1.29, 1.82) is 0 Å². The van der Waals surface area contributed by atoms with Gasteiger partial charge in [-0.2, -0.15) is 0 Å². The molecule has 1 saturated heterocycles. The Bertz CT molecular complexity index is 266. The molecule has 1 aliphatic heterocycles. The van der Waals surface area contributed by atoms with Crippen molar-refractivity contribution in [2.24, 2.45) is 0 Å². The van der Waals surface area contributed by atoms with E-state index in [0.717, 1.165) is 0 Å². The Kier molecular flexibility index (Phi) is 3.34. The number of aliphatic hydroxyl groups is 1. The fourth-order valence-electron chi connectivity index (χ4n) is 1.39. The van der Waals surface area contributed by atoms with Crippen LogP contribution >= 0.6 is 0 Å². The van der Waals surface area contributed by atoms with Gasteiger partial charge in [0.25, 0.3) is 0 Å². The van der Waals surface area contributed by atoms with Gasteiger partial charge in [0.2, 0.25) is 0 Å². The second-order valence-electron chi connectivity index (χ2n) is 3.30. The van der Waals surface area contributed by atoms with Crippen LogP contribution in [0, 0.1) is 0 Å². The molecule has 1 rings (SSSR count). The summed E-state index contributed by atoms with van der Waals surface area (Å²) in [6.45, 7) is 1.78. The van der Waals surface area contributed by atoms with Crippen LogP contribution in [0.4, 0.5) is 0 Å². The van der Waals surface area contributed by atoms with Crippen LogP contribution in [0.25, 0.3) is 0 Å². The summed E-state index contributed by atoms with van der Waals surface area (Å²) in [5, 5.41) is 17.3. The van der Waals surface area contributed by atoms with E-state index in [0.29, 0.717) is 6.54 Å². The molecule has 76 valence electrons. The molecule has 1 heterocycles. The van der Waals surface area contributed by atoms with Gasteiger partial charge in [-0.3, -0.25) is 0 Å². The van der Waals surface area contributed by atoms with Crippen LogP contribution in [0.1, 0.15) is 0 Å². The van der Waals surface area contributed by atoms with Crippen LogP contribution in [0.3, 0.4) is 0 Å². The summed E-state index contributed by atoms with van der Waals surface area (Å²) in [5.41, 5.74) is 0. The second kappa shape index (κ2) is 3.95. The predicted octanol–water partition coefficient (Wildman–Crippen LogP) is -1.81. The molecule has 0 saturated carbocycles. The average Bonchev–Trinajstić information content (AvgIpc) is 2.03. The largest absolute Gasteiger partial charge is 0.437 e. The zero-order valence-electron chi connectivity index (χ0n) is 7.55. The van der Waals surface area contributed by atoms with E-state index >= 15 is 0 Å². The molecular weight excluding hydrogens is 193 g/mol. The summed E-state index contributed by atoms with van der Waals surface area (Å²) >= 11 is 0. The highest BCUT2D eigenvalue weighted by Crippen LogP contribution is 2.12. The van der Waals surface area contributed by atoms with Gasteiger partial charge in [0, 0.05) is 13.1 Å². The molecule has 0 bridgehead atoms. The molecule has 1 fully saturated rings. The summed E-state index contributed by atoms with van der Waals surface area (Å²) in [7, 11) is -3.79. The lowest BCUT2D eigenvalue weighted by molar-refractivity contribution is 0.258. The average molecular weight is 207 g/mol. The Hall–Kier alpha value is -0.105. The molecule has 0 aromatic heterocycles. The summed E-state index contributed by atoms with van der Waals surface area (Å²) < 4.78 is 22.6. The van der Waals surface area contributed by atoms with E-state index in [4.69, 9.17) is 5.11 Å². The monoisotopic (exact) mass is 207 g/mol. The van der Waals surface area contributed by atoms with Crippen molar-refractivity contribution < 1.29 is 18.5 Å². The fraction of sp³-hybridized carbons (Fsp3) is 1.00.